The van der Waals surface area contributed by atoms with Crippen molar-refractivity contribution in [2.75, 3.05) is 6.61 Å². The minimum Gasteiger partial charge on any atom is -0.506 e. The molecule has 0 atom stereocenters. The summed E-state index contributed by atoms with van der Waals surface area (Å²) in [5.74, 6) is 0.117. The third-order valence-corrected chi connectivity index (χ3v) is 3.20. The molecular weight excluding hydrogens is 248 g/mol. The summed E-state index contributed by atoms with van der Waals surface area (Å²) in [4.78, 5) is 32.4. The second-order valence-corrected chi connectivity index (χ2v) is 4.61. The maximum atomic E-state index is 12.1. The first-order valence-electron chi connectivity index (χ1n) is 6.02. The van der Waals surface area contributed by atoms with Crippen LogP contribution in [-0.2, 0) is 0 Å². The van der Waals surface area contributed by atoms with Crippen LogP contribution in [0.25, 0.3) is 10.9 Å². The molecule has 2 aromatic heterocycles. The van der Waals surface area contributed by atoms with Gasteiger partial charge in [-0.2, -0.15) is 0 Å². The van der Waals surface area contributed by atoms with Crippen molar-refractivity contribution in [2.45, 2.75) is 12.8 Å². The Labute approximate surface area is 108 Å². The summed E-state index contributed by atoms with van der Waals surface area (Å²) in [7, 11) is 0. The maximum absolute atomic E-state index is 12.1. The zero-order valence-electron chi connectivity index (χ0n) is 10.1. The molecule has 0 aromatic carbocycles. The van der Waals surface area contributed by atoms with Crippen molar-refractivity contribution < 1.29 is 14.7 Å². The predicted octanol–water partition coefficient (Wildman–Crippen LogP) is 0.753. The van der Waals surface area contributed by atoms with Gasteiger partial charge >= 0.3 is 0 Å². The zero-order valence-corrected chi connectivity index (χ0v) is 10.1. The van der Waals surface area contributed by atoms with E-state index in [9.17, 15) is 14.7 Å². The van der Waals surface area contributed by atoms with Crippen LogP contribution in [0, 0.1) is 5.92 Å². The summed E-state index contributed by atoms with van der Waals surface area (Å²) < 4.78 is 1.07. The predicted molar refractivity (Wildman–Crippen MR) is 67.2 cm³/mol. The molecule has 1 aliphatic rings. The van der Waals surface area contributed by atoms with Crippen LogP contribution in [0.2, 0.25) is 0 Å². The minimum atomic E-state index is -0.646. The van der Waals surface area contributed by atoms with Crippen molar-refractivity contribution in [3.8, 4) is 5.75 Å². The number of aldehydes is 1. The van der Waals surface area contributed by atoms with Crippen molar-refractivity contribution in [3.63, 3.8) is 0 Å². The molecule has 1 saturated carbocycles. The van der Waals surface area contributed by atoms with Gasteiger partial charge in [0.05, 0.1) is 10.9 Å². The molecule has 2 aromatic rings. The monoisotopic (exact) mass is 260 g/mol. The Balaban J connectivity index is 2.21. The summed E-state index contributed by atoms with van der Waals surface area (Å²) in [5, 5.41) is 10.2. The van der Waals surface area contributed by atoms with Gasteiger partial charge in [-0.05, 0) is 24.8 Å². The molecule has 19 heavy (non-hydrogen) atoms. The molecule has 0 aliphatic heterocycles. The zero-order chi connectivity index (χ0) is 13.4. The molecule has 2 heterocycles. The summed E-state index contributed by atoms with van der Waals surface area (Å²) in [6.07, 6.45) is 5.41. The van der Waals surface area contributed by atoms with Gasteiger partial charge in [0.2, 0.25) is 0 Å². The summed E-state index contributed by atoms with van der Waals surface area (Å²) >= 11 is 0. The quantitative estimate of drug-likeness (QED) is 0.820. The Bertz CT molecular complexity index is 704. The van der Waals surface area contributed by atoms with Crippen LogP contribution in [0.1, 0.15) is 23.2 Å². The molecule has 6 nitrogen and oxygen atoms in total. The van der Waals surface area contributed by atoms with Crippen LogP contribution in [0.4, 0.5) is 0 Å². The smallest absolute Gasteiger partial charge is 0.297 e. The van der Waals surface area contributed by atoms with E-state index in [1.165, 1.54) is 12.4 Å². The third-order valence-electron chi connectivity index (χ3n) is 3.20. The molecule has 98 valence electrons. The number of pyridine rings is 2. The molecule has 1 aliphatic carbocycles. The fraction of sp³-hybridized carbons (Fsp3) is 0.308. The third kappa shape index (κ3) is 1.95. The van der Waals surface area contributed by atoms with Crippen molar-refractivity contribution >= 4 is 17.2 Å². The van der Waals surface area contributed by atoms with Gasteiger partial charge in [0.25, 0.3) is 5.56 Å². The fourth-order valence-corrected chi connectivity index (χ4v) is 1.91. The van der Waals surface area contributed by atoms with Crippen LogP contribution in [0.3, 0.4) is 0 Å². The first-order chi connectivity index (χ1) is 9.22. The van der Waals surface area contributed by atoms with Crippen LogP contribution in [-0.4, -0.2) is 27.7 Å². The summed E-state index contributed by atoms with van der Waals surface area (Å²) in [6.45, 7) is 0.431. The largest absolute Gasteiger partial charge is 0.506 e. The normalized spacial score (nSPS) is 14.5. The average molecular weight is 260 g/mol. The number of aromatic nitrogens is 2. The minimum absolute atomic E-state index is 0.309. The van der Waals surface area contributed by atoms with Crippen molar-refractivity contribution in [3.05, 3.63) is 34.4 Å². The highest BCUT2D eigenvalue weighted by atomic mass is 16.7. The summed E-state index contributed by atoms with van der Waals surface area (Å²) in [5.41, 5.74) is -0.549. The average Bonchev–Trinajstić information content (AvgIpc) is 3.23. The van der Waals surface area contributed by atoms with E-state index in [2.05, 4.69) is 4.98 Å². The maximum Gasteiger partial charge on any atom is 0.297 e. The lowest BCUT2D eigenvalue weighted by Crippen LogP contribution is -2.31. The molecule has 0 unspecified atom stereocenters. The number of fused-ring (bicyclic) bond motifs is 1. The molecular formula is C13H12N2O4. The molecule has 0 amide bonds. The first kappa shape index (κ1) is 11.7. The molecule has 0 saturated heterocycles. The lowest BCUT2D eigenvalue weighted by molar-refractivity contribution is 0.0998. The molecule has 3 rings (SSSR count). The lowest BCUT2D eigenvalue weighted by atomic mass is 10.2. The van der Waals surface area contributed by atoms with Gasteiger partial charge in [-0.15, -0.1) is 4.73 Å². The van der Waals surface area contributed by atoms with E-state index in [4.69, 9.17) is 4.84 Å². The van der Waals surface area contributed by atoms with Crippen LogP contribution in [0.5, 0.6) is 5.75 Å². The standard InChI is InChI=1S/C13H12N2O4/c16-6-10-12(17)9-5-14-4-3-11(9)15(13(10)18)19-7-8-1-2-8/h3-6,8,17H,1-2,7H2. The van der Waals surface area contributed by atoms with Gasteiger partial charge in [0, 0.05) is 12.4 Å². The Hall–Kier alpha value is -2.37. The van der Waals surface area contributed by atoms with Gasteiger partial charge in [-0.3, -0.25) is 14.6 Å². The van der Waals surface area contributed by atoms with Gasteiger partial charge in [-0.25, -0.2) is 0 Å². The Morgan fingerprint density at radius 3 is 3.00 bits per heavy atom. The summed E-state index contributed by atoms with van der Waals surface area (Å²) in [6, 6.07) is 1.57. The molecule has 0 radical (unpaired) electrons. The fourth-order valence-electron chi connectivity index (χ4n) is 1.91. The SMILES string of the molecule is O=Cc1c(O)c2cnccc2n(OCC2CC2)c1=O. The van der Waals surface area contributed by atoms with Gasteiger partial charge in [0.1, 0.15) is 17.9 Å². The van der Waals surface area contributed by atoms with Crippen molar-refractivity contribution in [1.29, 1.82) is 0 Å². The lowest BCUT2D eigenvalue weighted by Gasteiger charge is -2.13. The highest BCUT2D eigenvalue weighted by molar-refractivity contribution is 5.92. The molecule has 6 heteroatoms. The van der Waals surface area contributed by atoms with Gasteiger partial charge < -0.3 is 9.94 Å². The van der Waals surface area contributed by atoms with Crippen LogP contribution in [0.15, 0.2) is 23.3 Å². The highest BCUT2D eigenvalue weighted by Crippen LogP contribution is 2.28. The van der Waals surface area contributed by atoms with E-state index in [0.717, 1.165) is 17.6 Å². The molecule has 1 N–H and O–H groups in total. The van der Waals surface area contributed by atoms with Crippen molar-refractivity contribution in [1.82, 2.24) is 9.71 Å². The molecule has 1 fully saturated rings. The number of hydrogen-bond acceptors (Lipinski definition) is 5. The Morgan fingerprint density at radius 1 is 1.53 bits per heavy atom. The van der Waals surface area contributed by atoms with E-state index in [0.29, 0.717) is 29.7 Å². The van der Waals surface area contributed by atoms with Crippen LogP contribution >= 0.6 is 0 Å². The van der Waals surface area contributed by atoms with E-state index in [-0.39, 0.29) is 11.3 Å². The Kier molecular flexibility index (Phi) is 2.70. The number of nitrogens with zero attached hydrogens (tertiary/aromatic N) is 2. The molecule has 0 spiro atoms. The van der Waals surface area contributed by atoms with Gasteiger partial charge in [-0.1, -0.05) is 0 Å². The molecule has 0 bridgehead atoms. The van der Waals surface area contributed by atoms with E-state index in [1.54, 1.807) is 6.07 Å². The number of rotatable bonds is 4. The number of hydrogen-bond donors (Lipinski definition) is 1. The van der Waals surface area contributed by atoms with Gasteiger partial charge in [0.15, 0.2) is 6.29 Å². The Morgan fingerprint density at radius 2 is 2.32 bits per heavy atom. The van der Waals surface area contributed by atoms with E-state index in [1.807, 2.05) is 0 Å². The second kappa shape index (κ2) is 4.38. The highest BCUT2D eigenvalue weighted by Gasteiger charge is 2.24. The topological polar surface area (TPSA) is 81.4 Å². The number of carbonyl (C=O) groups excluding carboxylic acids is 1. The van der Waals surface area contributed by atoms with Crippen molar-refractivity contribution in [2.24, 2.45) is 5.92 Å². The van der Waals surface area contributed by atoms with Crippen LogP contribution < -0.4 is 10.4 Å². The van der Waals surface area contributed by atoms with E-state index < -0.39 is 5.56 Å². The van der Waals surface area contributed by atoms with E-state index >= 15 is 0 Å². The second-order valence-electron chi connectivity index (χ2n) is 4.61. The number of carbonyl (C=O) groups is 1. The first-order valence-corrected chi connectivity index (χ1v) is 6.02. The number of aromatic hydroxyl groups is 1.